The molecule has 1 spiro atoms. The van der Waals surface area contributed by atoms with Crippen LogP contribution in [0.5, 0.6) is 0 Å². The van der Waals surface area contributed by atoms with Gasteiger partial charge in [-0.15, -0.1) is 0 Å². The van der Waals surface area contributed by atoms with Crippen LogP contribution in [-0.4, -0.2) is 36.8 Å². The minimum Gasteiger partial charge on any atom is -0.301 e. The largest absolute Gasteiger partial charge is 0.301 e. The normalized spacial score (nSPS) is 24.8. The lowest BCUT2D eigenvalue weighted by Gasteiger charge is -2.27. The fraction of sp³-hybridized carbons (Fsp3) is 0.429. The van der Waals surface area contributed by atoms with Gasteiger partial charge < -0.3 is 4.90 Å². The van der Waals surface area contributed by atoms with Crippen molar-refractivity contribution in [2.24, 2.45) is 5.41 Å². The van der Waals surface area contributed by atoms with Crippen molar-refractivity contribution in [3.63, 3.8) is 0 Å². The molecule has 0 aromatic heterocycles. The Bertz CT molecular complexity index is 745. The summed E-state index contributed by atoms with van der Waals surface area (Å²) in [6.07, 6.45) is 5.42. The summed E-state index contributed by atoms with van der Waals surface area (Å²) in [6, 6.07) is 16.4. The third-order valence-electron chi connectivity index (χ3n) is 5.90. The van der Waals surface area contributed by atoms with E-state index in [1.807, 2.05) is 48.5 Å². The second-order valence-corrected chi connectivity index (χ2v) is 8.14. The highest BCUT2D eigenvalue weighted by Gasteiger charge is 2.58. The van der Waals surface area contributed by atoms with E-state index in [0.29, 0.717) is 23.1 Å². The molecule has 1 aliphatic heterocycles. The average Bonchev–Trinajstić information content (AvgIpc) is 3.35. The van der Waals surface area contributed by atoms with E-state index in [4.69, 9.17) is 0 Å². The summed E-state index contributed by atoms with van der Waals surface area (Å²) in [5.41, 5.74) is 2.88. The maximum atomic E-state index is 15.2. The van der Waals surface area contributed by atoms with Crippen molar-refractivity contribution >= 4 is 11.9 Å². The molecule has 0 radical (unpaired) electrons. The minimum absolute atomic E-state index is 0.0678. The maximum absolute atomic E-state index is 15.2. The van der Waals surface area contributed by atoms with E-state index in [1.165, 1.54) is 12.8 Å². The number of halogens is 1. The highest BCUT2D eigenvalue weighted by Crippen LogP contribution is 2.55. The molecule has 4 heteroatoms. The van der Waals surface area contributed by atoms with Crippen LogP contribution in [0.1, 0.15) is 18.4 Å². The molecular weight excluding hydrogens is 331 g/mol. The Kier molecular flexibility index (Phi) is 4.61. The van der Waals surface area contributed by atoms with Crippen LogP contribution in [0.4, 0.5) is 4.39 Å². The predicted octanol–water partition coefficient (Wildman–Crippen LogP) is 4.37. The number of rotatable bonds is 5. The molecule has 1 heterocycles. The molecule has 4 rings (SSSR count). The van der Waals surface area contributed by atoms with Crippen molar-refractivity contribution in [1.29, 1.82) is 0 Å². The van der Waals surface area contributed by atoms with Crippen LogP contribution in [0.2, 0.25) is 0 Å². The van der Waals surface area contributed by atoms with Crippen LogP contribution in [0.25, 0.3) is 11.1 Å². The van der Waals surface area contributed by atoms with Gasteiger partial charge in [-0.05, 0) is 43.7 Å². The summed E-state index contributed by atoms with van der Waals surface area (Å²) in [6.45, 7) is 1.12. The van der Waals surface area contributed by atoms with E-state index < -0.39 is 0 Å². The number of likely N-dealkylation sites (N-methyl/N-ethyl adjacent to an activating group) is 1. The summed E-state index contributed by atoms with van der Waals surface area (Å²) >= 11 is 1.69. The molecule has 2 nitrogen and oxygen atoms in total. The molecule has 2 atom stereocenters. The number of hydrogen-bond donors (Lipinski definition) is 1. The average molecular weight is 357 g/mol. The Morgan fingerprint density at radius 3 is 2.60 bits per heavy atom. The third kappa shape index (κ3) is 3.12. The SMILES string of the molecule is CSNC1C(Cc2cccc(-c3ccccc3)c2F)N(C)CC12CC2. The lowest BCUT2D eigenvalue weighted by molar-refractivity contribution is 0.289. The third-order valence-corrected chi connectivity index (χ3v) is 6.39. The Morgan fingerprint density at radius 2 is 1.92 bits per heavy atom. The number of nitrogens with one attached hydrogen (secondary N) is 1. The smallest absolute Gasteiger partial charge is 0.134 e. The molecule has 0 bridgehead atoms. The second kappa shape index (κ2) is 6.75. The summed E-state index contributed by atoms with van der Waals surface area (Å²) < 4.78 is 18.8. The molecule has 2 aromatic carbocycles. The summed E-state index contributed by atoms with van der Waals surface area (Å²) in [5, 5.41) is 0. The van der Waals surface area contributed by atoms with Crippen LogP contribution in [0.15, 0.2) is 48.5 Å². The summed E-state index contributed by atoms with van der Waals surface area (Å²) in [4.78, 5) is 2.43. The van der Waals surface area contributed by atoms with E-state index in [0.717, 1.165) is 24.1 Å². The van der Waals surface area contributed by atoms with E-state index in [9.17, 15) is 0 Å². The first-order valence-corrected chi connectivity index (χ1v) is 10.2. The molecule has 1 saturated heterocycles. The van der Waals surface area contributed by atoms with Gasteiger partial charge in [-0.1, -0.05) is 60.5 Å². The molecule has 2 fully saturated rings. The zero-order valence-corrected chi connectivity index (χ0v) is 15.7. The van der Waals surface area contributed by atoms with Crippen molar-refractivity contribution in [1.82, 2.24) is 9.62 Å². The van der Waals surface area contributed by atoms with Gasteiger partial charge in [0.15, 0.2) is 0 Å². The molecule has 25 heavy (non-hydrogen) atoms. The van der Waals surface area contributed by atoms with Crippen molar-refractivity contribution in [2.75, 3.05) is 19.8 Å². The van der Waals surface area contributed by atoms with E-state index >= 15 is 4.39 Å². The van der Waals surface area contributed by atoms with Crippen LogP contribution in [-0.2, 0) is 6.42 Å². The van der Waals surface area contributed by atoms with Crippen molar-refractivity contribution < 1.29 is 4.39 Å². The van der Waals surface area contributed by atoms with E-state index in [2.05, 4.69) is 22.9 Å². The van der Waals surface area contributed by atoms with Gasteiger partial charge in [-0.25, -0.2) is 4.39 Å². The Morgan fingerprint density at radius 1 is 1.16 bits per heavy atom. The molecule has 0 amide bonds. The molecule has 2 aliphatic rings. The fourth-order valence-corrected chi connectivity index (χ4v) is 5.07. The van der Waals surface area contributed by atoms with Gasteiger partial charge >= 0.3 is 0 Å². The number of benzene rings is 2. The quantitative estimate of drug-likeness (QED) is 0.801. The van der Waals surface area contributed by atoms with Gasteiger partial charge in [0.1, 0.15) is 5.82 Å². The Balaban J connectivity index is 1.62. The lowest BCUT2D eigenvalue weighted by atomic mass is 9.91. The molecule has 1 N–H and O–H groups in total. The number of likely N-dealkylation sites (tertiary alicyclic amines) is 1. The molecule has 2 aromatic rings. The number of nitrogens with zero attached hydrogens (tertiary/aromatic N) is 1. The Hall–Kier alpha value is -1.36. The van der Waals surface area contributed by atoms with Gasteiger partial charge in [0, 0.05) is 29.6 Å². The van der Waals surface area contributed by atoms with Gasteiger partial charge in [0.2, 0.25) is 0 Å². The zero-order valence-electron chi connectivity index (χ0n) is 14.8. The van der Waals surface area contributed by atoms with Gasteiger partial charge in [0.05, 0.1) is 0 Å². The first-order valence-electron chi connectivity index (χ1n) is 8.96. The van der Waals surface area contributed by atoms with Crippen LogP contribution in [0.3, 0.4) is 0 Å². The highest BCUT2D eigenvalue weighted by molar-refractivity contribution is 7.96. The first-order chi connectivity index (χ1) is 12.1. The lowest BCUT2D eigenvalue weighted by Crippen LogP contribution is -2.42. The second-order valence-electron chi connectivity index (χ2n) is 7.49. The van der Waals surface area contributed by atoms with E-state index in [-0.39, 0.29) is 5.82 Å². The van der Waals surface area contributed by atoms with Crippen LogP contribution >= 0.6 is 11.9 Å². The Labute approximate surface area is 153 Å². The monoisotopic (exact) mass is 356 g/mol. The van der Waals surface area contributed by atoms with Crippen LogP contribution in [0, 0.1) is 11.2 Å². The summed E-state index contributed by atoms with van der Waals surface area (Å²) in [7, 11) is 2.19. The van der Waals surface area contributed by atoms with Gasteiger partial charge in [0.25, 0.3) is 0 Å². The van der Waals surface area contributed by atoms with Crippen molar-refractivity contribution in [2.45, 2.75) is 31.3 Å². The zero-order chi connectivity index (χ0) is 17.4. The standard InChI is InChI=1S/C21H25FN2S/c1-24-14-21(11-12-21)20(23-25-2)18(24)13-16-9-6-10-17(19(16)22)15-7-4-3-5-8-15/h3-10,18,20,23H,11-14H2,1-2H3. The summed E-state index contributed by atoms with van der Waals surface area (Å²) in [5.74, 6) is -0.0678. The van der Waals surface area contributed by atoms with Crippen molar-refractivity contribution in [3.05, 3.63) is 59.9 Å². The topological polar surface area (TPSA) is 15.3 Å². The van der Waals surface area contributed by atoms with E-state index in [1.54, 1.807) is 11.9 Å². The number of hydrogen-bond acceptors (Lipinski definition) is 3. The first kappa shape index (κ1) is 17.1. The van der Waals surface area contributed by atoms with Crippen molar-refractivity contribution in [3.8, 4) is 11.1 Å². The highest BCUT2D eigenvalue weighted by atomic mass is 32.2. The molecular formula is C21H25FN2S. The molecule has 1 saturated carbocycles. The fourth-order valence-electron chi connectivity index (χ4n) is 4.41. The minimum atomic E-state index is -0.0678. The molecule has 1 aliphatic carbocycles. The molecule has 132 valence electrons. The maximum Gasteiger partial charge on any atom is 0.134 e. The van der Waals surface area contributed by atoms with Gasteiger partial charge in [-0.3, -0.25) is 4.72 Å². The van der Waals surface area contributed by atoms with Crippen LogP contribution < -0.4 is 4.72 Å². The van der Waals surface area contributed by atoms with Gasteiger partial charge in [-0.2, -0.15) is 0 Å². The molecule has 2 unspecified atom stereocenters. The predicted molar refractivity (Wildman–Crippen MR) is 104 cm³/mol.